The van der Waals surface area contributed by atoms with E-state index in [0.717, 1.165) is 0 Å². The van der Waals surface area contributed by atoms with Crippen LogP contribution < -0.4 is 10.1 Å². The van der Waals surface area contributed by atoms with Crippen molar-refractivity contribution >= 4 is 69.1 Å². The van der Waals surface area contributed by atoms with Crippen LogP contribution in [-0.4, -0.2) is 18.0 Å². The molecule has 5 nitrogen and oxygen atoms in total. The van der Waals surface area contributed by atoms with Crippen LogP contribution in [0.1, 0.15) is 10.4 Å². The lowest BCUT2D eigenvalue weighted by Crippen LogP contribution is -2.12. The standard InChI is InChI=1S/C21H12Cl4N2O3/c1-29-19-14(24)6-11(7-15(19)25)20(28)26-16-8-10(2-4-13(16)23)21-27-17-9-12(22)3-5-18(17)30-21/h2-9H,1H3,(H,26,28). The monoisotopic (exact) mass is 480 g/mol. The van der Waals surface area contributed by atoms with Crippen LogP contribution >= 0.6 is 46.4 Å². The van der Waals surface area contributed by atoms with E-state index in [1.807, 2.05) is 0 Å². The van der Waals surface area contributed by atoms with Crippen molar-refractivity contribution in [3.63, 3.8) is 0 Å². The zero-order valence-electron chi connectivity index (χ0n) is 15.3. The number of hydrogen-bond donors (Lipinski definition) is 1. The highest BCUT2D eigenvalue weighted by Crippen LogP contribution is 2.35. The zero-order valence-corrected chi connectivity index (χ0v) is 18.3. The molecule has 4 aromatic rings. The third kappa shape index (κ3) is 4.07. The fourth-order valence-electron chi connectivity index (χ4n) is 2.86. The van der Waals surface area contributed by atoms with E-state index in [4.69, 9.17) is 55.6 Å². The summed E-state index contributed by atoms with van der Waals surface area (Å²) in [5, 5.41) is 4.10. The summed E-state index contributed by atoms with van der Waals surface area (Å²) in [7, 11) is 1.44. The van der Waals surface area contributed by atoms with Gasteiger partial charge in [0.1, 0.15) is 5.52 Å². The van der Waals surface area contributed by atoms with Gasteiger partial charge in [-0.25, -0.2) is 4.98 Å². The molecule has 1 heterocycles. The van der Waals surface area contributed by atoms with Crippen molar-refractivity contribution in [1.82, 2.24) is 4.98 Å². The molecule has 3 aromatic carbocycles. The number of carbonyl (C=O) groups is 1. The summed E-state index contributed by atoms with van der Waals surface area (Å²) in [6.45, 7) is 0. The van der Waals surface area contributed by atoms with Crippen LogP contribution in [0.3, 0.4) is 0 Å². The normalized spacial score (nSPS) is 11.0. The van der Waals surface area contributed by atoms with Crippen LogP contribution in [0.2, 0.25) is 20.1 Å². The molecular weight excluding hydrogens is 470 g/mol. The number of rotatable bonds is 4. The number of oxazole rings is 1. The van der Waals surface area contributed by atoms with Gasteiger partial charge in [0.05, 0.1) is 27.9 Å². The Morgan fingerprint density at radius 3 is 2.40 bits per heavy atom. The maximum Gasteiger partial charge on any atom is 0.255 e. The topological polar surface area (TPSA) is 64.4 Å². The van der Waals surface area contributed by atoms with Gasteiger partial charge < -0.3 is 14.5 Å². The molecule has 0 aliphatic heterocycles. The van der Waals surface area contributed by atoms with E-state index in [1.165, 1.54) is 19.2 Å². The van der Waals surface area contributed by atoms with E-state index in [-0.39, 0.29) is 15.6 Å². The molecular formula is C21H12Cl4N2O3. The molecule has 30 heavy (non-hydrogen) atoms. The lowest BCUT2D eigenvalue weighted by molar-refractivity contribution is 0.102. The van der Waals surface area contributed by atoms with Gasteiger partial charge in [0.25, 0.3) is 5.91 Å². The van der Waals surface area contributed by atoms with E-state index in [1.54, 1.807) is 36.4 Å². The van der Waals surface area contributed by atoms with Crippen molar-refractivity contribution in [1.29, 1.82) is 0 Å². The summed E-state index contributed by atoms with van der Waals surface area (Å²) < 4.78 is 10.9. The lowest BCUT2D eigenvalue weighted by Gasteiger charge is -2.11. The molecule has 0 fully saturated rings. The van der Waals surface area contributed by atoms with Crippen molar-refractivity contribution < 1.29 is 13.9 Å². The van der Waals surface area contributed by atoms with Gasteiger partial charge in [-0.2, -0.15) is 0 Å². The first kappa shape index (κ1) is 20.8. The van der Waals surface area contributed by atoms with E-state index < -0.39 is 5.91 Å². The molecule has 1 amide bonds. The molecule has 1 aromatic heterocycles. The second-order valence-electron chi connectivity index (χ2n) is 6.25. The molecule has 0 aliphatic rings. The highest BCUT2D eigenvalue weighted by atomic mass is 35.5. The van der Waals surface area contributed by atoms with Crippen molar-refractivity contribution in [3.8, 4) is 17.2 Å². The molecule has 9 heteroatoms. The Morgan fingerprint density at radius 2 is 1.70 bits per heavy atom. The number of amides is 1. The molecule has 0 bridgehead atoms. The first-order valence-corrected chi connectivity index (χ1v) is 10.1. The van der Waals surface area contributed by atoms with Gasteiger partial charge in [0.2, 0.25) is 5.89 Å². The predicted molar refractivity (Wildman–Crippen MR) is 120 cm³/mol. The fraction of sp³-hybridized carbons (Fsp3) is 0.0476. The van der Waals surface area contributed by atoms with E-state index in [2.05, 4.69) is 10.3 Å². The highest BCUT2D eigenvalue weighted by Gasteiger charge is 2.16. The summed E-state index contributed by atoms with van der Waals surface area (Å²) in [5.41, 5.74) is 2.48. The number of ether oxygens (including phenoxy) is 1. The van der Waals surface area contributed by atoms with Crippen LogP contribution in [0.25, 0.3) is 22.6 Å². The second kappa shape index (κ2) is 8.36. The number of benzene rings is 3. The van der Waals surface area contributed by atoms with Gasteiger partial charge in [-0.05, 0) is 48.5 Å². The number of halogens is 4. The van der Waals surface area contributed by atoms with E-state index >= 15 is 0 Å². The van der Waals surface area contributed by atoms with Gasteiger partial charge in [0, 0.05) is 16.1 Å². The number of fused-ring (bicyclic) bond motifs is 1. The third-order valence-corrected chi connectivity index (χ3v) is 5.40. The smallest absolute Gasteiger partial charge is 0.255 e. The Kier molecular flexibility index (Phi) is 5.80. The largest absolute Gasteiger partial charge is 0.494 e. The summed E-state index contributed by atoms with van der Waals surface area (Å²) >= 11 is 24.5. The molecule has 152 valence electrons. The average Bonchev–Trinajstić information content (AvgIpc) is 3.12. The minimum absolute atomic E-state index is 0.222. The van der Waals surface area contributed by atoms with Crippen molar-refractivity contribution in [2.45, 2.75) is 0 Å². The van der Waals surface area contributed by atoms with Crippen molar-refractivity contribution in [3.05, 3.63) is 74.2 Å². The number of methoxy groups -OCH3 is 1. The number of nitrogens with zero attached hydrogens (tertiary/aromatic N) is 1. The summed E-state index contributed by atoms with van der Waals surface area (Å²) in [6.07, 6.45) is 0. The van der Waals surface area contributed by atoms with Gasteiger partial charge >= 0.3 is 0 Å². The lowest BCUT2D eigenvalue weighted by atomic mass is 10.1. The molecule has 0 aliphatic carbocycles. The number of hydrogen-bond acceptors (Lipinski definition) is 4. The van der Waals surface area contributed by atoms with Crippen LogP contribution in [0, 0.1) is 0 Å². The van der Waals surface area contributed by atoms with Crippen LogP contribution in [0.5, 0.6) is 5.75 Å². The third-order valence-electron chi connectivity index (χ3n) is 4.28. The van der Waals surface area contributed by atoms with Gasteiger partial charge in [-0.1, -0.05) is 46.4 Å². The Bertz CT molecular complexity index is 1260. The van der Waals surface area contributed by atoms with Crippen molar-refractivity contribution in [2.75, 3.05) is 12.4 Å². The predicted octanol–water partition coefficient (Wildman–Crippen LogP) is 7.37. The van der Waals surface area contributed by atoms with Gasteiger partial charge in [-0.3, -0.25) is 4.79 Å². The zero-order chi connectivity index (χ0) is 21.4. The summed E-state index contributed by atoms with van der Waals surface area (Å²) in [6, 6.07) is 13.1. The Balaban J connectivity index is 1.65. The van der Waals surface area contributed by atoms with Crippen molar-refractivity contribution in [2.24, 2.45) is 0 Å². The number of nitrogens with one attached hydrogen (secondary N) is 1. The van der Waals surface area contributed by atoms with Crippen LogP contribution in [0.15, 0.2) is 52.9 Å². The number of aromatic nitrogens is 1. The highest BCUT2D eigenvalue weighted by molar-refractivity contribution is 6.38. The maximum atomic E-state index is 12.7. The van der Waals surface area contributed by atoms with E-state index in [0.29, 0.717) is 44.0 Å². The Hall–Kier alpha value is -2.44. The van der Waals surface area contributed by atoms with Crippen LogP contribution in [-0.2, 0) is 0 Å². The Labute approximate surface area is 191 Å². The first-order chi connectivity index (χ1) is 14.4. The minimum atomic E-state index is -0.440. The molecule has 0 spiro atoms. The Morgan fingerprint density at radius 1 is 0.967 bits per heavy atom. The summed E-state index contributed by atoms with van der Waals surface area (Å²) in [5.74, 6) is 0.228. The second-order valence-corrected chi connectivity index (χ2v) is 7.91. The number of carbonyl (C=O) groups excluding carboxylic acids is 1. The minimum Gasteiger partial charge on any atom is -0.494 e. The molecule has 0 unspecified atom stereocenters. The molecule has 1 N–H and O–H groups in total. The molecule has 0 saturated heterocycles. The molecule has 0 atom stereocenters. The average molecular weight is 482 g/mol. The molecule has 0 saturated carbocycles. The SMILES string of the molecule is COc1c(Cl)cc(C(=O)Nc2cc(-c3nc4cc(Cl)ccc4o3)ccc2Cl)cc1Cl. The number of anilines is 1. The van der Waals surface area contributed by atoms with Gasteiger partial charge in [-0.15, -0.1) is 0 Å². The first-order valence-electron chi connectivity index (χ1n) is 8.56. The molecule has 4 rings (SSSR count). The fourth-order valence-corrected chi connectivity index (χ4v) is 3.83. The maximum absolute atomic E-state index is 12.7. The van der Waals surface area contributed by atoms with Gasteiger partial charge in [0.15, 0.2) is 11.3 Å². The van der Waals surface area contributed by atoms with Crippen LogP contribution in [0.4, 0.5) is 5.69 Å². The summed E-state index contributed by atoms with van der Waals surface area (Å²) in [4.78, 5) is 17.2. The quantitative estimate of drug-likeness (QED) is 0.330. The van der Waals surface area contributed by atoms with E-state index in [9.17, 15) is 4.79 Å². The molecule has 0 radical (unpaired) electrons.